The molecular weight excluding hydrogens is 269 g/mol. The van der Waals surface area contributed by atoms with Crippen LogP contribution in [-0.4, -0.2) is 18.4 Å². The molecule has 2 aromatic rings. The Morgan fingerprint density at radius 2 is 1.80 bits per heavy atom. The van der Waals surface area contributed by atoms with Crippen molar-refractivity contribution in [1.29, 1.82) is 0 Å². The largest absolute Gasteiger partial charge is 0.573 e. The molecule has 2 rings (SSSR count). The zero-order valence-corrected chi connectivity index (χ0v) is 10.7. The summed E-state index contributed by atoms with van der Waals surface area (Å²) in [5.74, 6) is -0.243. The third-order valence-electron chi connectivity index (χ3n) is 2.59. The molecule has 1 aromatic heterocycles. The van der Waals surface area contributed by atoms with Gasteiger partial charge in [-0.25, -0.2) is 0 Å². The number of nitrogens with one attached hydrogen (secondary N) is 1. The van der Waals surface area contributed by atoms with Crippen molar-refractivity contribution < 1.29 is 17.9 Å². The molecule has 0 amide bonds. The Labute approximate surface area is 114 Å². The Kier molecular flexibility index (Phi) is 4.24. The maximum absolute atomic E-state index is 12.0. The van der Waals surface area contributed by atoms with Gasteiger partial charge in [-0.15, -0.1) is 13.2 Å². The van der Waals surface area contributed by atoms with Crippen LogP contribution in [0.1, 0.15) is 5.56 Å². The first-order chi connectivity index (χ1) is 9.48. The van der Waals surface area contributed by atoms with Crippen LogP contribution in [0.3, 0.4) is 0 Å². The highest BCUT2D eigenvalue weighted by Gasteiger charge is 2.30. The highest BCUT2D eigenvalue weighted by atomic mass is 19.4. The fraction of sp³-hybridized carbons (Fsp3) is 0.214. The Morgan fingerprint density at radius 1 is 1.10 bits per heavy atom. The maximum Gasteiger partial charge on any atom is 0.573 e. The standard InChI is InChI=1S/C14H13F3N2O/c1-18-8-10-2-7-13(19-9-10)11-3-5-12(6-4-11)20-14(15,16)17/h2-7,9,18H,8H2,1H3. The topological polar surface area (TPSA) is 34.1 Å². The van der Waals surface area contributed by atoms with Gasteiger partial charge in [-0.3, -0.25) is 4.98 Å². The Hall–Kier alpha value is -2.08. The first-order valence-electron chi connectivity index (χ1n) is 5.93. The summed E-state index contributed by atoms with van der Waals surface area (Å²) in [4.78, 5) is 4.27. The van der Waals surface area contributed by atoms with Crippen LogP contribution in [0.5, 0.6) is 5.75 Å². The molecule has 1 aromatic carbocycles. The van der Waals surface area contributed by atoms with Gasteiger partial charge in [0.05, 0.1) is 5.69 Å². The monoisotopic (exact) mass is 282 g/mol. The zero-order chi connectivity index (χ0) is 14.6. The molecule has 0 aliphatic heterocycles. The second-order valence-electron chi connectivity index (χ2n) is 4.15. The molecule has 0 atom stereocenters. The van der Waals surface area contributed by atoms with Crippen LogP contribution in [0, 0.1) is 0 Å². The quantitative estimate of drug-likeness (QED) is 0.933. The summed E-state index contributed by atoms with van der Waals surface area (Å²) in [6.45, 7) is 0.714. The van der Waals surface area contributed by atoms with Gasteiger partial charge in [0.15, 0.2) is 0 Å². The van der Waals surface area contributed by atoms with Crippen molar-refractivity contribution in [3.63, 3.8) is 0 Å². The highest BCUT2D eigenvalue weighted by molar-refractivity contribution is 5.60. The number of halogens is 3. The predicted molar refractivity (Wildman–Crippen MR) is 69.1 cm³/mol. The molecule has 0 saturated carbocycles. The van der Waals surface area contributed by atoms with Gasteiger partial charge in [-0.1, -0.05) is 6.07 Å². The molecule has 3 nitrogen and oxygen atoms in total. The molecule has 1 N–H and O–H groups in total. The van der Waals surface area contributed by atoms with E-state index in [0.29, 0.717) is 12.2 Å². The number of hydrogen-bond donors (Lipinski definition) is 1. The molecule has 0 aliphatic carbocycles. The van der Waals surface area contributed by atoms with E-state index in [9.17, 15) is 13.2 Å². The number of pyridine rings is 1. The number of ether oxygens (including phenoxy) is 1. The van der Waals surface area contributed by atoms with Crippen LogP contribution in [0.15, 0.2) is 42.6 Å². The van der Waals surface area contributed by atoms with Gasteiger partial charge in [0.2, 0.25) is 0 Å². The minimum atomic E-state index is -4.67. The van der Waals surface area contributed by atoms with Gasteiger partial charge < -0.3 is 10.1 Å². The highest BCUT2D eigenvalue weighted by Crippen LogP contribution is 2.25. The van der Waals surface area contributed by atoms with Crippen molar-refractivity contribution >= 4 is 0 Å². The SMILES string of the molecule is CNCc1ccc(-c2ccc(OC(F)(F)F)cc2)nc1. The van der Waals surface area contributed by atoms with Crippen molar-refractivity contribution in [3.05, 3.63) is 48.2 Å². The average Bonchev–Trinajstić information content (AvgIpc) is 2.39. The minimum absolute atomic E-state index is 0.243. The molecule has 1 heterocycles. The summed E-state index contributed by atoms with van der Waals surface area (Å²) in [6.07, 6.45) is -2.94. The van der Waals surface area contributed by atoms with E-state index in [4.69, 9.17) is 0 Å². The van der Waals surface area contributed by atoms with Gasteiger partial charge in [0.25, 0.3) is 0 Å². The molecule has 106 valence electrons. The first kappa shape index (κ1) is 14.3. The van der Waals surface area contributed by atoms with Crippen LogP contribution < -0.4 is 10.1 Å². The number of alkyl halides is 3. The van der Waals surface area contributed by atoms with Gasteiger partial charge in [0.1, 0.15) is 5.75 Å². The smallest absolute Gasteiger partial charge is 0.406 e. The molecule has 0 radical (unpaired) electrons. The van der Waals surface area contributed by atoms with E-state index in [1.54, 1.807) is 18.3 Å². The van der Waals surface area contributed by atoms with E-state index in [1.165, 1.54) is 12.1 Å². The van der Waals surface area contributed by atoms with E-state index in [-0.39, 0.29) is 5.75 Å². The molecule has 0 aliphatic rings. The molecule has 0 unspecified atom stereocenters. The maximum atomic E-state index is 12.0. The zero-order valence-electron chi connectivity index (χ0n) is 10.7. The molecule has 6 heteroatoms. The summed E-state index contributed by atoms with van der Waals surface area (Å²) in [6, 6.07) is 9.37. The summed E-state index contributed by atoms with van der Waals surface area (Å²) in [7, 11) is 1.84. The van der Waals surface area contributed by atoms with Gasteiger partial charge in [-0.2, -0.15) is 0 Å². The fourth-order valence-electron chi connectivity index (χ4n) is 1.73. The predicted octanol–water partition coefficient (Wildman–Crippen LogP) is 3.37. The van der Waals surface area contributed by atoms with Crippen LogP contribution in [0.2, 0.25) is 0 Å². The first-order valence-corrected chi connectivity index (χ1v) is 5.93. The Balaban J connectivity index is 2.13. The van der Waals surface area contributed by atoms with E-state index < -0.39 is 6.36 Å². The fourth-order valence-corrected chi connectivity index (χ4v) is 1.73. The van der Waals surface area contributed by atoms with Gasteiger partial charge >= 0.3 is 6.36 Å². The molecule has 0 saturated heterocycles. The molecule has 0 spiro atoms. The van der Waals surface area contributed by atoms with E-state index in [1.807, 2.05) is 19.2 Å². The lowest BCUT2D eigenvalue weighted by molar-refractivity contribution is -0.274. The van der Waals surface area contributed by atoms with E-state index in [0.717, 1.165) is 11.1 Å². The van der Waals surface area contributed by atoms with Crippen LogP contribution >= 0.6 is 0 Å². The third-order valence-corrected chi connectivity index (χ3v) is 2.59. The lowest BCUT2D eigenvalue weighted by Crippen LogP contribution is -2.16. The van der Waals surface area contributed by atoms with Crippen molar-refractivity contribution in [3.8, 4) is 17.0 Å². The van der Waals surface area contributed by atoms with Crippen LogP contribution in [-0.2, 0) is 6.54 Å². The van der Waals surface area contributed by atoms with Crippen LogP contribution in [0.25, 0.3) is 11.3 Å². The summed E-state index contributed by atoms with van der Waals surface area (Å²) in [5, 5.41) is 3.01. The lowest BCUT2D eigenvalue weighted by atomic mass is 10.1. The summed E-state index contributed by atoms with van der Waals surface area (Å²) in [5.41, 5.74) is 2.47. The number of benzene rings is 1. The Bertz CT molecular complexity index is 550. The lowest BCUT2D eigenvalue weighted by Gasteiger charge is -2.09. The number of hydrogen-bond acceptors (Lipinski definition) is 3. The van der Waals surface area contributed by atoms with E-state index >= 15 is 0 Å². The van der Waals surface area contributed by atoms with E-state index in [2.05, 4.69) is 15.0 Å². The second-order valence-corrected chi connectivity index (χ2v) is 4.15. The van der Waals surface area contributed by atoms with Gasteiger partial charge in [-0.05, 0) is 42.9 Å². The third kappa shape index (κ3) is 3.96. The number of nitrogens with zero attached hydrogens (tertiary/aromatic N) is 1. The summed E-state index contributed by atoms with van der Waals surface area (Å²) >= 11 is 0. The summed E-state index contributed by atoms with van der Waals surface area (Å²) < 4.78 is 39.9. The van der Waals surface area contributed by atoms with Crippen molar-refractivity contribution in [2.75, 3.05) is 7.05 Å². The van der Waals surface area contributed by atoms with Crippen molar-refractivity contribution in [1.82, 2.24) is 10.3 Å². The van der Waals surface area contributed by atoms with Crippen LogP contribution in [0.4, 0.5) is 13.2 Å². The second kappa shape index (κ2) is 5.92. The number of aromatic nitrogens is 1. The minimum Gasteiger partial charge on any atom is -0.406 e. The number of rotatable bonds is 4. The Morgan fingerprint density at radius 3 is 2.30 bits per heavy atom. The molecule has 0 fully saturated rings. The normalized spacial score (nSPS) is 11.4. The van der Waals surface area contributed by atoms with Crippen molar-refractivity contribution in [2.45, 2.75) is 12.9 Å². The van der Waals surface area contributed by atoms with Gasteiger partial charge in [0, 0.05) is 18.3 Å². The van der Waals surface area contributed by atoms with Crippen molar-refractivity contribution in [2.24, 2.45) is 0 Å². The average molecular weight is 282 g/mol. The molecule has 0 bridgehead atoms. The molecule has 20 heavy (non-hydrogen) atoms. The molecular formula is C14H13F3N2O.